The van der Waals surface area contributed by atoms with Crippen molar-refractivity contribution >= 4 is 27.6 Å². The fourth-order valence-corrected chi connectivity index (χ4v) is 2.30. The Bertz CT molecular complexity index is 515. The Morgan fingerprint density at radius 2 is 2.18 bits per heavy atom. The Morgan fingerprint density at radius 3 is 2.65 bits per heavy atom. The maximum Gasteiger partial charge on any atom is 0.267 e. The molecule has 0 aliphatic carbocycles. The lowest BCUT2D eigenvalue weighted by atomic mass is 10.1. The van der Waals surface area contributed by atoms with Gasteiger partial charge in [-0.2, -0.15) is 8.42 Å². The first-order valence-corrected chi connectivity index (χ1v) is 6.74. The lowest BCUT2D eigenvalue weighted by molar-refractivity contribution is -0.119. The highest BCUT2D eigenvalue weighted by molar-refractivity contribution is 7.85. The number of amides is 1. The second-order valence-electron chi connectivity index (χ2n) is 3.56. The SMILES string of the molecule is CC(=O)NC(CS(=O)(=O)O)c1cccc(Cl)c1. The van der Waals surface area contributed by atoms with Gasteiger partial charge in [0, 0.05) is 11.9 Å². The summed E-state index contributed by atoms with van der Waals surface area (Å²) in [5.41, 5.74) is 0.519. The molecule has 0 bridgehead atoms. The van der Waals surface area contributed by atoms with Crippen molar-refractivity contribution in [2.24, 2.45) is 0 Å². The molecule has 2 N–H and O–H groups in total. The molecule has 5 nitrogen and oxygen atoms in total. The van der Waals surface area contributed by atoms with Crippen LogP contribution in [0.4, 0.5) is 0 Å². The molecule has 1 amide bonds. The third kappa shape index (κ3) is 5.16. The van der Waals surface area contributed by atoms with E-state index >= 15 is 0 Å². The maximum atomic E-state index is 11.0. The van der Waals surface area contributed by atoms with Crippen molar-refractivity contribution in [2.75, 3.05) is 5.75 Å². The minimum absolute atomic E-state index is 0.390. The van der Waals surface area contributed by atoms with Gasteiger partial charge in [0.25, 0.3) is 10.1 Å². The number of halogens is 1. The van der Waals surface area contributed by atoms with E-state index in [1.54, 1.807) is 18.2 Å². The molecule has 0 aromatic heterocycles. The summed E-state index contributed by atoms with van der Waals surface area (Å²) in [6, 6.07) is 5.60. The summed E-state index contributed by atoms with van der Waals surface area (Å²) >= 11 is 5.77. The predicted octanol–water partition coefficient (Wildman–Crippen LogP) is 1.41. The Morgan fingerprint density at radius 1 is 1.53 bits per heavy atom. The van der Waals surface area contributed by atoms with E-state index in [0.717, 1.165) is 0 Å². The molecule has 0 saturated carbocycles. The molecule has 0 aliphatic rings. The Hall–Kier alpha value is -1.11. The number of carbonyl (C=O) groups excluding carboxylic acids is 1. The molecule has 0 radical (unpaired) electrons. The van der Waals surface area contributed by atoms with Crippen LogP contribution in [-0.2, 0) is 14.9 Å². The highest BCUT2D eigenvalue weighted by atomic mass is 35.5. The molecule has 0 aliphatic heterocycles. The van der Waals surface area contributed by atoms with Crippen LogP contribution in [0.5, 0.6) is 0 Å². The monoisotopic (exact) mass is 277 g/mol. The van der Waals surface area contributed by atoms with Crippen molar-refractivity contribution in [1.82, 2.24) is 5.32 Å². The first kappa shape index (κ1) is 14.0. The van der Waals surface area contributed by atoms with Gasteiger partial charge in [0.05, 0.1) is 11.8 Å². The minimum Gasteiger partial charge on any atom is -0.348 e. The summed E-state index contributed by atoms with van der Waals surface area (Å²) in [5.74, 6) is -0.981. The van der Waals surface area contributed by atoms with Crippen molar-refractivity contribution in [3.63, 3.8) is 0 Å². The van der Waals surface area contributed by atoms with Gasteiger partial charge in [-0.3, -0.25) is 9.35 Å². The molecule has 17 heavy (non-hydrogen) atoms. The molecule has 1 aromatic rings. The number of hydrogen-bond acceptors (Lipinski definition) is 3. The highest BCUT2D eigenvalue weighted by Gasteiger charge is 2.19. The summed E-state index contributed by atoms with van der Waals surface area (Å²) in [6.45, 7) is 1.27. The first-order chi connectivity index (χ1) is 7.78. The molecule has 0 spiro atoms. The molecule has 7 heteroatoms. The van der Waals surface area contributed by atoms with E-state index in [9.17, 15) is 13.2 Å². The van der Waals surface area contributed by atoms with Crippen LogP contribution in [0.15, 0.2) is 24.3 Å². The fraction of sp³-hybridized carbons (Fsp3) is 0.300. The zero-order valence-electron chi connectivity index (χ0n) is 9.05. The number of benzene rings is 1. The summed E-state index contributed by atoms with van der Waals surface area (Å²) in [5, 5.41) is 2.87. The summed E-state index contributed by atoms with van der Waals surface area (Å²) in [4.78, 5) is 11.0. The summed E-state index contributed by atoms with van der Waals surface area (Å²) in [7, 11) is -4.19. The van der Waals surface area contributed by atoms with Crippen molar-refractivity contribution in [3.05, 3.63) is 34.9 Å². The number of hydrogen-bond donors (Lipinski definition) is 2. The van der Waals surface area contributed by atoms with Crippen LogP contribution >= 0.6 is 11.6 Å². The molecular formula is C10H12ClNO4S. The van der Waals surface area contributed by atoms with Gasteiger partial charge in [-0.25, -0.2) is 0 Å². The van der Waals surface area contributed by atoms with Crippen LogP contribution < -0.4 is 5.32 Å². The van der Waals surface area contributed by atoms with Crippen LogP contribution in [0.25, 0.3) is 0 Å². The Balaban J connectivity index is 3.01. The van der Waals surface area contributed by atoms with E-state index < -0.39 is 27.8 Å². The lowest BCUT2D eigenvalue weighted by Gasteiger charge is -2.16. The van der Waals surface area contributed by atoms with E-state index in [4.69, 9.17) is 16.2 Å². The average molecular weight is 278 g/mol. The third-order valence-corrected chi connectivity index (χ3v) is 3.00. The molecule has 1 unspecified atom stereocenters. The average Bonchev–Trinajstić information content (AvgIpc) is 2.13. The largest absolute Gasteiger partial charge is 0.348 e. The molecule has 1 rings (SSSR count). The van der Waals surface area contributed by atoms with Crippen molar-refractivity contribution in [1.29, 1.82) is 0 Å². The van der Waals surface area contributed by atoms with Crippen LogP contribution in [-0.4, -0.2) is 24.6 Å². The van der Waals surface area contributed by atoms with Gasteiger partial charge in [0.1, 0.15) is 0 Å². The van der Waals surface area contributed by atoms with Crippen molar-refractivity contribution in [3.8, 4) is 0 Å². The van der Waals surface area contributed by atoms with Crippen LogP contribution in [0, 0.1) is 0 Å². The van der Waals surface area contributed by atoms with Crippen LogP contribution in [0.1, 0.15) is 18.5 Å². The van der Waals surface area contributed by atoms with Crippen LogP contribution in [0.2, 0.25) is 5.02 Å². The normalized spacial score (nSPS) is 13.1. The van der Waals surface area contributed by atoms with Gasteiger partial charge < -0.3 is 5.32 Å². The zero-order valence-corrected chi connectivity index (χ0v) is 10.6. The van der Waals surface area contributed by atoms with Gasteiger partial charge in [-0.1, -0.05) is 23.7 Å². The second-order valence-corrected chi connectivity index (χ2v) is 5.49. The van der Waals surface area contributed by atoms with E-state index in [-0.39, 0.29) is 0 Å². The summed E-state index contributed by atoms with van der Waals surface area (Å²) < 4.78 is 30.5. The predicted molar refractivity (Wildman–Crippen MR) is 64.4 cm³/mol. The molecule has 0 fully saturated rings. The quantitative estimate of drug-likeness (QED) is 0.815. The fourth-order valence-electron chi connectivity index (χ4n) is 1.40. The second kappa shape index (κ2) is 5.48. The number of rotatable bonds is 4. The lowest BCUT2D eigenvalue weighted by Crippen LogP contribution is -2.31. The Kier molecular flexibility index (Phi) is 4.50. The van der Waals surface area contributed by atoms with Crippen LogP contribution in [0.3, 0.4) is 0 Å². The molecule has 1 aromatic carbocycles. The van der Waals surface area contributed by atoms with Gasteiger partial charge in [-0.05, 0) is 17.7 Å². The van der Waals surface area contributed by atoms with Gasteiger partial charge in [0.15, 0.2) is 0 Å². The molecule has 94 valence electrons. The Labute approximate surface area is 105 Å². The first-order valence-electron chi connectivity index (χ1n) is 4.75. The molecular weight excluding hydrogens is 266 g/mol. The van der Waals surface area contributed by atoms with Crippen molar-refractivity contribution < 1.29 is 17.8 Å². The van der Waals surface area contributed by atoms with E-state index in [2.05, 4.69) is 5.32 Å². The number of nitrogens with one attached hydrogen (secondary N) is 1. The topological polar surface area (TPSA) is 83.5 Å². The third-order valence-electron chi connectivity index (χ3n) is 2.01. The van der Waals surface area contributed by atoms with E-state index in [0.29, 0.717) is 10.6 Å². The maximum absolute atomic E-state index is 11.0. The van der Waals surface area contributed by atoms with Gasteiger partial charge in [-0.15, -0.1) is 0 Å². The smallest absolute Gasteiger partial charge is 0.267 e. The van der Waals surface area contributed by atoms with Gasteiger partial charge >= 0.3 is 0 Å². The molecule has 0 saturated heterocycles. The van der Waals surface area contributed by atoms with Crippen molar-refractivity contribution in [2.45, 2.75) is 13.0 Å². The zero-order chi connectivity index (χ0) is 13.1. The highest BCUT2D eigenvalue weighted by Crippen LogP contribution is 2.19. The number of carbonyl (C=O) groups is 1. The molecule has 1 atom stereocenters. The summed E-state index contributed by atoms with van der Waals surface area (Å²) in [6.07, 6.45) is 0. The van der Waals surface area contributed by atoms with E-state index in [1.165, 1.54) is 13.0 Å². The molecule has 0 heterocycles. The standard InChI is InChI=1S/C10H12ClNO4S/c1-7(13)12-10(6-17(14,15)16)8-3-2-4-9(11)5-8/h2-5,10H,6H2,1H3,(H,12,13)(H,14,15,16). The van der Waals surface area contributed by atoms with E-state index in [1.807, 2.05) is 0 Å². The minimum atomic E-state index is -4.19. The van der Waals surface area contributed by atoms with Gasteiger partial charge in [0.2, 0.25) is 5.91 Å².